The highest BCUT2D eigenvalue weighted by Crippen LogP contribution is 2.39. The van der Waals surface area contributed by atoms with E-state index in [4.69, 9.17) is 4.52 Å². The number of aryl methyl sites for hydroxylation is 1. The van der Waals surface area contributed by atoms with E-state index < -0.39 is 0 Å². The van der Waals surface area contributed by atoms with Gasteiger partial charge < -0.3 is 4.52 Å². The molecule has 1 aliphatic carbocycles. The molecule has 2 aromatic heterocycles. The van der Waals surface area contributed by atoms with Gasteiger partial charge in [-0.2, -0.15) is 10.1 Å². The summed E-state index contributed by atoms with van der Waals surface area (Å²) < 4.78 is 5.17. The van der Waals surface area contributed by atoms with Crippen molar-refractivity contribution in [1.82, 2.24) is 20.3 Å². The van der Waals surface area contributed by atoms with E-state index in [1.165, 1.54) is 18.5 Å². The number of aromatic amines is 1. The smallest absolute Gasteiger partial charge is 0.278 e. The molecule has 5 heteroatoms. The molecule has 84 valence electrons. The Hall–Kier alpha value is -1.65. The van der Waals surface area contributed by atoms with Gasteiger partial charge in [-0.25, -0.2) is 0 Å². The second-order valence-electron chi connectivity index (χ2n) is 4.25. The van der Waals surface area contributed by atoms with Crippen LogP contribution in [0, 0.1) is 0 Å². The minimum atomic E-state index is 0.520. The highest BCUT2D eigenvalue weighted by molar-refractivity contribution is 5.47. The predicted octanol–water partition coefficient (Wildman–Crippen LogP) is 2.29. The predicted molar refractivity (Wildman–Crippen MR) is 57.8 cm³/mol. The fraction of sp³-hybridized carbons (Fsp3) is 0.545. The SMILES string of the molecule is CCCc1noc(-c2cc(C3CC3)[nH]n2)n1. The van der Waals surface area contributed by atoms with E-state index in [2.05, 4.69) is 27.3 Å². The summed E-state index contributed by atoms with van der Waals surface area (Å²) in [5.74, 6) is 1.94. The van der Waals surface area contributed by atoms with Crippen molar-refractivity contribution in [1.29, 1.82) is 0 Å². The van der Waals surface area contributed by atoms with Crippen LogP contribution in [0.3, 0.4) is 0 Å². The van der Waals surface area contributed by atoms with E-state index in [1.807, 2.05) is 6.07 Å². The van der Waals surface area contributed by atoms with Crippen LogP contribution in [-0.2, 0) is 6.42 Å². The molecule has 0 bridgehead atoms. The molecule has 0 unspecified atom stereocenters. The normalized spacial score (nSPS) is 15.6. The molecule has 1 fully saturated rings. The van der Waals surface area contributed by atoms with Gasteiger partial charge in [0.1, 0.15) is 0 Å². The zero-order valence-electron chi connectivity index (χ0n) is 9.23. The van der Waals surface area contributed by atoms with Gasteiger partial charge >= 0.3 is 0 Å². The number of rotatable bonds is 4. The van der Waals surface area contributed by atoms with Crippen molar-refractivity contribution >= 4 is 0 Å². The lowest BCUT2D eigenvalue weighted by atomic mass is 10.2. The summed E-state index contributed by atoms with van der Waals surface area (Å²) in [6, 6.07) is 2.01. The van der Waals surface area contributed by atoms with E-state index >= 15 is 0 Å². The van der Waals surface area contributed by atoms with Crippen molar-refractivity contribution in [2.75, 3.05) is 0 Å². The molecule has 1 aliphatic rings. The first kappa shape index (κ1) is 9.57. The third-order valence-corrected chi connectivity index (χ3v) is 2.78. The van der Waals surface area contributed by atoms with E-state index in [0.29, 0.717) is 11.8 Å². The standard InChI is InChI=1S/C11H14N4O/c1-2-3-10-12-11(16-15-10)9-6-8(13-14-9)7-4-5-7/h6-7H,2-5H2,1H3,(H,13,14). The lowest BCUT2D eigenvalue weighted by Crippen LogP contribution is -1.85. The highest BCUT2D eigenvalue weighted by Gasteiger charge is 2.26. The Balaban J connectivity index is 1.83. The van der Waals surface area contributed by atoms with Gasteiger partial charge in [0.25, 0.3) is 5.89 Å². The van der Waals surface area contributed by atoms with Gasteiger partial charge in [-0.3, -0.25) is 5.10 Å². The molecular weight excluding hydrogens is 204 g/mol. The molecule has 2 heterocycles. The van der Waals surface area contributed by atoms with Crippen molar-refractivity contribution in [3.8, 4) is 11.6 Å². The van der Waals surface area contributed by atoms with Crippen molar-refractivity contribution < 1.29 is 4.52 Å². The minimum Gasteiger partial charge on any atom is -0.332 e. The maximum atomic E-state index is 5.17. The van der Waals surface area contributed by atoms with Crippen LogP contribution in [0.25, 0.3) is 11.6 Å². The number of hydrogen-bond donors (Lipinski definition) is 1. The van der Waals surface area contributed by atoms with Gasteiger partial charge in [0.15, 0.2) is 11.5 Å². The summed E-state index contributed by atoms with van der Waals surface area (Å²) >= 11 is 0. The fourth-order valence-corrected chi connectivity index (χ4v) is 1.73. The van der Waals surface area contributed by atoms with Crippen molar-refractivity contribution in [3.63, 3.8) is 0 Å². The third kappa shape index (κ3) is 1.73. The van der Waals surface area contributed by atoms with Crippen molar-refractivity contribution in [2.24, 2.45) is 0 Å². The molecule has 0 aliphatic heterocycles. The first-order chi connectivity index (χ1) is 7.86. The van der Waals surface area contributed by atoms with E-state index in [-0.39, 0.29) is 0 Å². The van der Waals surface area contributed by atoms with E-state index in [9.17, 15) is 0 Å². The minimum absolute atomic E-state index is 0.520. The van der Waals surface area contributed by atoms with E-state index in [0.717, 1.165) is 24.4 Å². The molecular formula is C11H14N4O. The maximum absolute atomic E-state index is 5.17. The topological polar surface area (TPSA) is 67.6 Å². The van der Waals surface area contributed by atoms with Crippen LogP contribution in [-0.4, -0.2) is 20.3 Å². The van der Waals surface area contributed by atoms with Gasteiger partial charge in [-0.1, -0.05) is 12.1 Å². The first-order valence-corrected chi connectivity index (χ1v) is 5.75. The van der Waals surface area contributed by atoms with Crippen molar-refractivity contribution in [2.45, 2.75) is 38.5 Å². The Labute approximate surface area is 93.3 Å². The number of aromatic nitrogens is 4. The Morgan fingerprint density at radius 3 is 3.12 bits per heavy atom. The van der Waals surface area contributed by atoms with Crippen LogP contribution in [0.15, 0.2) is 10.6 Å². The maximum Gasteiger partial charge on any atom is 0.278 e. The molecule has 16 heavy (non-hydrogen) atoms. The molecule has 2 aromatic rings. The summed E-state index contributed by atoms with van der Waals surface area (Å²) in [4.78, 5) is 4.30. The van der Waals surface area contributed by atoms with Crippen LogP contribution in [0.5, 0.6) is 0 Å². The highest BCUT2D eigenvalue weighted by atomic mass is 16.5. The Morgan fingerprint density at radius 2 is 2.38 bits per heavy atom. The molecule has 3 rings (SSSR count). The molecule has 5 nitrogen and oxygen atoms in total. The second kappa shape index (κ2) is 3.73. The van der Waals surface area contributed by atoms with Gasteiger partial charge in [-0.05, 0) is 25.3 Å². The Morgan fingerprint density at radius 1 is 1.50 bits per heavy atom. The fourth-order valence-electron chi connectivity index (χ4n) is 1.73. The average Bonchev–Trinajstić information content (AvgIpc) is 2.85. The number of hydrogen-bond acceptors (Lipinski definition) is 4. The second-order valence-corrected chi connectivity index (χ2v) is 4.25. The van der Waals surface area contributed by atoms with Gasteiger partial charge in [0.2, 0.25) is 0 Å². The van der Waals surface area contributed by atoms with Gasteiger partial charge in [-0.15, -0.1) is 0 Å². The molecule has 0 amide bonds. The van der Waals surface area contributed by atoms with Crippen LogP contribution in [0.4, 0.5) is 0 Å². The molecule has 0 radical (unpaired) electrons. The largest absolute Gasteiger partial charge is 0.332 e. The Bertz CT molecular complexity index is 484. The molecule has 0 atom stereocenters. The van der Waals surface area contributed by atoms with E-state index in [1.54, 1.807) is 0 Å². The zero-order valence-corrected chi connectivity index (χ0v) is 9.23. The molecule has 0 aromatic carbocycles. The van der Waals surface area contributed by atoms with Crippen LogP contribution in [0.2, 0.25) is 0 Å². The quantitative estimate of drug-likeness (QED) is 0.854. The van der Waals surface area contributed by atoms with Crippen LogP contribution < -0.4 is 0 Å². The summed E-state index contributed by atoms with van der Waals surface area (Å²) in [6.45, 7) is 2.09. The summed E-state index contributed by atoms with van der Waals surface area (Å²) in [5.41, 5.74) is 1.95. The number of nitrogens with one attached hydrogen (secondary N) is 1. The van der Waals surface area contributed by atoms with Crippen LogP contribution >= 0.6 is 0 Å². The summed E-state index contributed by atoms with van der Waals surface area (Å²) in [6.07, 6.45) is 4.38. The van der Waals surface area contributed by atoms with Gasteiger partial charge in [0.05, 0.1) is 0 Å². The number of nitrogens with zero attached hydrogens (tertiary/aromatic N) is 3. The lowest BCUT2D eigenvalue weighted by molar-refractivity contribution is 0.421. The third-order valence-electron chi connectivity index (χ3n) is 2.78. The zero-order chi connectivity index (χ0) is 11.0. The van der Waals surface area contributed by atoms with Gasteiger partial charge in [0, 0.05) is 18.0 Å². The molecule has 0 saturated heterocycles. The first-order valence-electron chi connectivity index (χ1n) is 5.75. The lowest BCUT2D eigenvalue weighted by Gasteiger charge is -1.84. The Kier molecular flexibility index (Phi) is 2.23. The molecule has 0 spiro atoms. The average molecular weight is 218 g/mol. The monoisotopic (exact) mass is 218 g/mol. The number of H-pyrrole nitrogens is 1. The summed E-state index contributed by atoms with van der Waals surface area (Å²) in [5, 5.41) is 11.1. The molecule has 1 N–H and O–H groups in total. The summed E-state index contributed by atoms with van der Waals surface area (Å²) in [7, 11) is 0. The van der Waals surface area contributed by atoms with Crippen molar-refractivity contribution in [3.05, 3.63) is 17.6 Å². The van der Waals surface area contributed by atoms with Crippen LogP contribution in [0.1, 0.15) is 43.6 Å². The molecule has 1 saturated carbocycles.